The number of sulfonamides is 1. The number of rotatable bonds is 8. The van der Waals surface area contributed by atoms with Gasteiger partial charge in [0.15, 0.2) is 0 Å². The van der Waals surface area contributed by atoms with Crippen LogP contribution in [0.1, 0.15) is 27.2 Å². The highest BCUT2D eigenvalue weighted by molar-refractivity contribution is 8.00. The summed E-state index contributed by atoms with van der Waals surface area (Å²) >= 11 is 1.64. The van der Waals surface area contributed by atoms with Gasteiger partial charge in [-0.25, -0.2) is 13.1 Å². The molecule has 0 spiro atoms. The van der Waals surface area contributed by atoms with Crippen molar-refractivity contribution in [1.82, 2.24) is 4.72 Å². The van der Waals surface area contributed by atoms with Gasteiger partial charge in [-0.2, -0.15) is 11.8 Å². The van der Waals surface area contributed by atoms with E-state index in [9.17, 15) is 8.42 Å². The molecule has 0 saturated carbocycles. The van der Waals surface area contributed by atoms with E-state index < -0.39 is 10.0 Å². The minimum Gasteiger partial charge on any atom is -0.385 e. The molecule has 0 unspecified atom stereocenters. The Morgan fingerprint density at radius 1 is 1.20 bits per heavy atom. The van der Waals surface area contributed by atoms with E-state index in [1.807, 2.05) is 20.1 Å². The Bertz CT molecular complexity index is 510. The standard InChI is InChI=1S/C14H24N2O2S2/c1-5-10-15-12-6-8-13(9-7-12)20(17,18)16-11-14(2,3)19-4/h6-9,15-16H,5,10-11H2,1-4H3. The summed E-state index contributed by atoms with van der Waals surface area (Å²) in [5, 5.41) is 3.22. The van der Waals surface area contributed by atoms with Crippen molar-refractivity contribution in [2.45, 2.75) is 36.8 Å². The molecule has 0 amide bonds. The van der Waals surface area contributed by atoms with E-state index in [2.05, 4.69) is 17.0 Å². The average Bonchev–Trinajstić information content (AvgIpc) is 2.44. The molecule has 0 atom stereocenters. The van der Waals surface area contributed by atoms with Gasteiger partial charge in [0.2, 0.25) is 10.0 Å². The summed E-state index contributed by atoms with van der Waals surface area (Å²) in [6.07, 6.45) is 3.01. The molecule has 0 aromatic heterocycles. The first-order valence-electron chi connectivity index (χ1n) is 6.69. The molecule has 6 heteroatoms. The molecular formula is C14H24N2O2S2. The molecule has 0 aliphatic rings. The third-order valence-corrected chi connectivity index (χ3v) is 5.65. The maximum absolute atomic E-state index is 12.2. The second-order valence-electron chi connectivity index (χ2n) is 5.24. The normalized spacial score (nSPS) is 12.4. The van der Waals surface area contributed by atoms with Gasteiger partial charge < -0.3 is 5.32 Å². The summed E-state index contributed by atoms with van der Waals surface area (Å²) in [6.45, 7) is 7.40. The van der Waals surface area contributed by atoms with Crippen LogP contribution in [0.4, 0.5) is 5.69 Å². The number of anilines is 1. The molecule has 0 bridgehead atoms. The first kappa shape index (κ1) is 17.3. The van der Waals surface area contributed by atoms with Crippen molar-refractivity contribution in [1.29, 1.82) is 0 Å². The average molecular weight is 316 g/mol. The minimum absolute atomic E-state index is 0.115. The number of benzene rings is 1. The molecule has 0 aliphatic carbocycles. The molecule has 0 fully saturated rings. The van der Waals surface area contributed by atoms with E-state index in [1.54, 1.807) is 36.0 Å². The fourth-order valence-corrected chi connectivity index (χ4v) is 2.97. The zero-order valence-electron chi connectivity index (χ0n) is 12.6. The maximum Gasteiger partial charge on any atom is 0.240 e. The molecule has 1 rings (SSSR count). The van der Waals surface area contributed by atoms with E-state index in [-0.39, 0.29) is 4.75 Å². The van der Waals surface area contributed by atoms with Gasteiger partial charge in [0.25, 0.3) is 0 Å². The van der Waals surface area contributed by atoms with Crippen molar-refractivity contribution in [3.8, 4) is 0 Å². The van der Waals surface area contributed by atoms with Crippen LogP contribution in [-0.2, 0) is 10.0 Å². The predicted octanol–water partition coefficient (Wildman–Crippen LogP) is 2.93. The number of hydrogen-bond donors (Lipinski definition) is 2. The lowest BCUT2D eigenvalue weighted by atomic mass is 10.2. The second kappa shape index (κ2) is 7.33. The van der Waals surface area contributed by atoms with E-state index in [0.29, 0.717) is 11.4 Å². The first-order valence-corrected chi connectivity index (χ1v) is 9.40. The molecule has 1 aromatic carbocycles. The van der Waals surface area contributed by atoms with Crippen LogP contribution in [0.25, 0.3) is 0 Å². The van der Waals surface area contributed by atoms with Crippen LogP contribution in [0.5, 0.6) is 0 Å². The molecule has 20 heavy (non-hydrogen) atoms. The predicted molar refractivity (Wildman–Crippen MR) is 88.0 cm³/mol. The quantitative estimate of drug-likeness (QED) is 0.774. The highest BCUT2D eigenvalue weighted by atomic mass is 32.2. The Morgan fingerprint density at radius 3 is 2.30 bits per heavy atom. The van der Waals surface area contributed by atoms with E-state index >= 15 is 0 Å². The van der Waals surface area contributed by atoms with Gasteiger partial charge in [0, 0.05) is 23.5 Å². The Labute approximate surface area is 126 Å². The zero-order valence-corrected chi connectivity index (χ0v) is 14.2. The van der Waals surface area contributed by atoms with Gasteiger partial charge in [-0.15, -0.1) is 0 Å². The summed E-state index contributed by atoms with van der Waals surface area (Å²) in [5.41, 5.74) is 0.940. The molecule has 0 heterocycles. The Morgan fingerprint density at radius 2 is 1.80 bits per heavy atom. The number of thioether (sulfide) groups is 1. The summed E-state index contributed by atoms with van der Waals surface area (Å²) in [6, 6.07) is 6.85. The van der Waals surface area contributed by atoms with Gasteiger partial charge in [-0.1, -0.05) is 6.92 Å². The van der Waals surface area contributed by atoms with Crippen molar-refractivity contribution in [3.05, 3.63) is 24.3 Å². The fourth-order valence-electron chi connectivity index (χ4n) is 1.45. The van der Waals surface area contributed by atoms with E-state index in [4.69, 9.17) is 0 Å². The number of hydrogen-bond acceptors (Lipinski definition) is 4. The molecular weight excluding hydrogens is 292 g/mol. The Hall–Kier alpha value is -0.720. The van der Waals surface area contributed by atoms with Gasteiger partial charge in [-0.3, -0.25) is 0 Å². The third kappa shape index (κ3) is 5.34. The van der Waals surface area contributed by atoms with Crippen molar-refractivity contribution < 1.29 is 8.42 Å². The van der Waals surface area contributed by atoms with Crippen LogP contribution in [0, 0.1) is 0 Å². The molecule has 0 saturated heterocycles. The third-order valence-electron chi connectivity index (χ3n) is 2.98. The van der Waals surface area contributed by atoms with Crippen molar-refractivity contribution >= 4 is 27.5 Å². The second-order valence-corrected chi connectivity index (χ2v) is 8.52. The van der Waals surface area contributed by atoms with Crippen LogP contribution in [-0.4, -0.2) is 32.5 Å². The van der Waals surface area contributed by atoms with Crippen molar-refractivity contribution in [2.75, 3.05) is 24.7 Å². The summed E-state index contributed by atoms with van der Waals surface area (Å²) in [4.78, 5) is 0.302. The van der Waals surface area contributed by atoms with Crippen LogP contribution in [0.3, 0.4) is 0 Å². The maximum atomic E-state index is 12.2. The molecule has 114 valence electrons. The van der Waals surface area contributed by atoms with Crippen LogP contribution in [0.2, 0.25) is 0 Å². The van der Waals surface area contributed by atoms with Crippen molar-refractivity contribution in [3.63, 3.8) is 0 Å². The summed E-state index contributed by atoms with van der Waals surface area (Å²) < 4.78 is 26.9. The lowest BCUT2D eigenvalue weighted by Gasteiger charge is -2.22. The fraction of sp³-hybridized carbons (Fsp3) is 0.571. The van der Waals surface area contributed by atoms with Gasteiger partial charge >= 0.3 is 0 Å². The summed E-state index contributed by atoms with van der Waals surface area (Å²) in [7, 11) is -3.43. The lowest BCUT2D eigenvalue weighted by molar-refractivity contribution is 0.571. The topological polar surface area (TPSA) is 58.2 Å². The Kier molecular flexibility index (Phi) is 6.36. The largest absolute Gasteiger partial charge is 0.385 e. The van der Waals surface area contributed by atoms with E-state index in [0.717, 1.165) is 18.7 Å². The monoisotopic (exact) mass is 316 g/mol. The van der Waals surface area contributed by atoms with Gasteiger partial charge in [-0.05, 0) is 50.8 Å². The smallest absolute Gasteiger partial charge is 0.240 e. The highest BCUT2D eigenvalue weighted by Gasteiger charge is 2.21. The zero-order chi connectivity index (χ0) is 15.2. The highest BCUT2D eigenvalue weighted by Crippen LogP contribution is 2.21. The first-order chi connectivity index (χ1) is 9.30. The lowest BCUT2D eigenvalue weighted by Crippen LogP contribution is -2.36. The van der Waals surface area contributed by atoms with Crippen LogP contribution < -0.4 is 10.0 Å². The van der Waals surface area contributed by atoms with Crippen molar-refractivity contribution in [2.24, 2.45) is 0 Å². The molecule has 4 nitrogen and oxygen atoms in total. The number of nitrogens with one attached hydrogen (secondary N) is 2. The molecule has 0 aliphatic heterocycles. The van der Waals surface area contributed by atoms with Gasteiger partial charge in [0.1, 0.15) is 0 Å². The summed E-state index contributed by atoms with van der Waals surface area (Å²) in [5.74, 6) is 0. The van der Waals surface area contributed by atoms with E-state index in [1.165, 1.54) is 0 Å². The molecule has 0 radical (unpaired) electrons. The Balaban J connectivity index is 2.73. The van der Waals surface area contributed by atoms with Crippen LogP contribution in [0.15, 0.2) is 29.2 Å². The SMILES string of the molecule is CCCNc1ccc(S(=O)(=O)NCC(C)(C)SC)cc1. The van der Waals surface area contributed by atoms with Gasteiger partial charge in [0.05, 0.1) is 4.90 Å². The minimum atomic E-state index is -3.43. The molecule has 1 aromatic rings. The van der Waals surface area contributed by atoms with Crippen LogP contribution >= 0.6 is 11.8 Å². The molecule has 2 N–H and O–H groups in total.